The van der Waals surface area contributed by atoms with Crippen LogP contribution in [0.4, 0.5) is 0 Å². The zero-order valence-electron chi connectivity index (χ0n) is 35.9. The molecule has 0 saturated carbocycles. The molecule has 6 aromatic carbocycles. The van der Waals surface area contributed by atoms with Gasteiger partial charge in [-0.2, -0.15) is 0 Å². The molecule has 4 heterocycles. The molecule has 306 valence electrons. The van der Waals surface area contributed by atoms with E-state index in [0.29, 0.717) is 52.9 Å². The third-order valence-electron chi connectivity index (χ3n) is 13.0. The summed E-state index contributed by atoms with van der Waals surface area (Å²) in [6.07, 6.45) is 0. The van der Waals surface area contributed by atoms with Gasteiger partial charge >= 0.3 is 0 Å². The molecule has 0 saturated heterocycles. The molecule has 0 bridgehead atoms. The molecule has 0 radical (unpaired) electrons. The Kier molecular flexibility index (Phi) is 9.69. The Balaban J connectivity index is 1.46. The van der Waals surface area contributed by atoms with E-state index in [1.807, 2.05) is 0 Å². The molecule has 0 spiro atoms. The van der Waals surface area contributed by atoms with Gasteiger partial charge in [-0.1, -0.05) is 68.8 Å². The molecule has 10 rings (SSSR count). The van der Waals surface area contributed by atoms with E-state index in [4.69, 9.17) is 18.9 Å². The second-order valence-corrected chi connectivity index (χ2v) is 23.2. The van der Waals surface area contributed by atoms with Gasteiger partial charge < -0.3 is 28.1 Å². The van der Waals surface area contributed by atoms with E-state index in [0.717, 1.165) is 132 Å². The van der Waals surface area contributed by atoms with Crippen molar-refractivity contribution in [3.8, 4) is 11.1 Å². The Morgan fingerprint density at radius 2 is 0.500 bits per heavy atom. The third kappa shape index (κ3) is 6.13. The smallest absolute Gasteiger partial charge is 0.172 e. The largest absolute Gasteiger partial charge is 0.372 e. The molecule has 8 heteroatoms. The molecule has 4 aliphatic heterocycles. The Bertz CT molecular complexity index is 2550. The Morgan fingerprint density at radius 1 is 0.300 bits per heavy atom. The summed E-state index contributed by atoms with van der Waals surface area (Å²) in [5, 5.41) is 4.68. The first-order chi connectivity index (χ1) is 28.7. The van der Waals surface area contributed by atoms with Crippen LogP contribution in [0.15, 0.2) is 72.8 Å². The summed E-state index contributed by atoms with van der Waals surface area (Å²) in [4.78, 5) is 0. The minimum atomic E-state index is -3.75. The number of aryl methyl sites for hydroxylation is 8. The van der Waals surface area contributed by atoms with E-state index < -0.39 is 14.3 Å². The van der Waals surface area contributed by atoms with Crippen LogP contribution in [0.5, 0.6) is 0 Å². The second-order valence-electron chi connectivity index (χ2n) is 17.8. The monoisotopic (exact) mass is 834 g/mol. The van der Waals surface area contributed by atoms with Gasteiger partial charge in [0, 0.05) is 43.0 Å². The summed E-state index contributed by atoms with van der Waals surface area (Å²) in [7, 11) is -7.50. The fourth-order valence-electron chi connectivity index (χ4n) is 10.8. The number of ether oxygens (including phenoxy) is 4. The molecule has 0 atom stereocenters. The SMILES string of the molecule is Cc1cc(C)cc(P(=O)(c2cc(C)cc(C)c2)c2c3c(c4c(c2-c2c5c(c6c(c2P(=O)(c2cc(C)cc(C)c2)c2cc(C)cc(C)c2)COC6)COC5)COC4)COC3)c1. The van der Waals surface area contributed by atoms with Crippen LogP contribution in [0.25, 0.3) is 11.1 Å². The fraction of sp³-hybridized carbons (Fsp3) is 0.308. The van der Waals surface area contributed by atoms with Crippen LogP contribution in [0, 0.1) is 55.4 Å². The van der Waals surface area contributed by atoms with Crippen LogP contribution in [-0.4, -0.2) is 0 Å². The Hall–Kier alpha value is -4.38. The summed E-state index contributed by atoms with van der Waals surface area (Å²) in [6, 6.07) is 25.5. The van der Waals surface area contributed by atoms with Gasteiger partial charge in [0.25, 0.3) is 0 Å². The van der Waals surface area contributed by atoms with Crippen molar-refractivity contribution in [2.24, 2.45) is 0 Å². The molecule has 0 amide bonds. The van der Waals surface area contributed by atoms with Crippen molar-refractivity contribution in [3.05, 3.63) is 162 Å². The first-order valence-electron chi connectivity index (χ1n) is 21.0. The van der Waals surface area contributed by atoms with Crippen LogP contribution in [0.1, 0.15) is 89.0 Å². The maximum Gasteiger partial charge on any atom is 0.172 e. The summed E-state index contributed by atoms with van der Waals surface area (Å²) in [5.74, 6) is 0. The van der Waals surface area contributed by atoms with Crippen molar-refractivity contribution in [2.45, 2.75) is 108 Å². The number of fused-ring (bicyclic) bond motifs is 6. The molecule has 0 N–H and O–H groups in total. The lowest BCUT2D eigenvalue weighted by molar-refractivity contribution is 0.126. The van der Waals surface area contributed by atoms with Gasteiger partial charge in [-0.15, -0.1) is 0 Å². The van der Waals surface area contributed by atoms with Gasteiger partial charge in [0.15, 0.2) is 14.3 Å². The van der Waals surface area contributed by atoms with Crippen molar-refractivity contribution in [1.82, 2.24) is 0 Å². The Labute approximate surface area is 354 Å². The fourth-order valence-corrected chi connectivity index (χ4v) is 17.8. The van der Waals surface area contributed by atoms with Gasteiger partial charge in [0.1, 0.15) is 0 Å². The van der Waals surface area contributed by atoms with Crippen molar-refractivity contribution in [3.63, 3.8) is 0 Å². The van der Waals surface area contributed by atoms with Crippen molar-refractivity contribution in [2.75, 3.05) is 0 Å². The third-order valence-corrected chi connectivity index (χ3v) is 19.2. The van der Waals surface area contributed by atoms with E-state index in [-0.39, 0.29) is 0 Å². The zero-order chi connectivity index (χ0) is 41.8. The maximum absolute atomic E-state index is 17.6. The first-order valence-corrected chi connectivity index (χ1v) is 24.4. The Morgan fingerprint density at radius 3 is 0.750 bits per heavy atom. The zero-order valence-corrected chi connectivity index (χ0v) is 37.7. The molecule has 6 aromatic rings. The van der Waals surface area contributed by atoms with Gasteiger partial charge in [-0.25, -0.2) is 0 Å². The molecule has 0 unspecified atom stereocenters. The van der Waals surface area contributed by atoms with Gasteiger partial charge in [-0.3, -0.25) is 0 Å². The minimum Gasteiger partial charge on any atom is -0.372 e. The molecular formula is C52H52O6P2. The molecular weight excluding hydrogens is 783 g/mol. The molecule has 4 aliphatic rings. The van der Waals surface area contributed by atoms with Gasteiger partial charge in [0.2, 0.25) is 0 Å². The predicted octanol–water partition coefficient (Wildman–Crippen LogP) is 9.22. The quantitative estimate of drug-likeness (QED) is 0.150. The van der Waals surface area contributed by atoms with E-state index >= 15 is 9.13 Å². The summed E-state index contributed by atoms with van der Waals surface area (Å²) in [6.45, 7) is 19.7. The predicted molar refractivity (Wildman–Crippen MR) is 243 cm³/mol. The van der Waals surface area contributed by atoms with Crippen LogP contribution < -0.4 is 31.8 Å². The maximum atomic E-state index is 17.6. The number of benzene rings is 6. The number of hydrogen-bond acceptors (Lipinski definition) is 6. The normalized spacial score (nSPS) is 15.7. The molecule has 0 aromatic heterocycles. The highest BCUT2D eigenvalue weighted by Gasteiger charge is 2.47. The van der Waals surface area contributed by atoms with Gasteiger partial charge in [-0.05, 0) is 148 Å². The number of hydrogen-bond donors (Lipinski definition) is 0. The lowest BCUT2D eigenvalue weighted by Crippen LogP contribution is -2.35. The van der Waals surface area contributed by atoms with Crippen LogP contribution >= 0.6 is 14.3 Å². The molecule has 60 heavy (non-hydrogen) atoms. The van der Waals surface area contributed by atoms with E-state index in [9.17, 15) is 0 Å². The summed E-state index contributed by atoms with van der Waals surface area (Å²) in [5.41, 5.74) is 18.4. The second kappa shape index (κ2) is 14.6. The van der Waals surface area contributed by atoms with E-state index in [2.05, 4.69) is 128 Å². The van der Waals surface area contributed by atoms with E-state index in [1.165, 1.54) is 0 Å². The van der Waals surface area contributed by atoms with Crippen LogP contribution in [0.3, 0.4) is 0 Å². The van der Waals surface area contributed by atoms with Crippen LogP contribution in [0.2, 0.25) is 0 Å². The van der Waals surface area contributed by atoms with Crippen molar-refractivity contribution in [1.29, 1.82) is 0 Å². The lowest BCUT2D eigenvalue weighted by atomic mass is 9.85. The highest BCUT2D eigenvalue weighted by atomic mass is 31.2. The average molecular weight is 835 g/mol. The van der Waals surface area contributed by atoms with Crippen molar-refractivity contribution < 1.29 is 28.1 Å². The van der Waals surface area contributed by atoms with Crippen molar-refractivity contribution >= 4 is 46.1 Å². The molecule has 0 fully saturated rings. The summed E-state index contributed by atoms with van der Waals surface area (Å²) >= 11 is 0. The minimum absolute atomic E-state index is 0.318. The number of rotatable bonds is 7. The highest BCUT2D eigenvalue weighted by molar-refractivity contribution is 7.86. The summed E-state index contributed by atoms with van der Waals surface area (Å²) < 4.78 is 60.9. The standard InChI is InChI=1S/C52H52O6P2/c1-29-9-30(2)14-37(13-29)59(53,38-15-31(3)10-32(4)16-38)51-47-27-57-23-43(47)41-21-55-25-45(41)49(51)50-46-26-56-22-42(46)44-24-58-28-48(44)52(50)60(54,39-17-33(5)11-34(6)18-39)40-19-35(7)12-36(8)20-40/h9-20H,21-28H2,1-8H3. The lowest BCUT2D eigenvalue weighted by Gasteiger charge is -2.33. The first kappa shape index (κ1) is 39.7. The average Bonchev–Trinajstić information content (AvgIpc) is 4.01. The van der Waals surface area contributed by atoms with Gasteiger partial charge in [0.05, 0.1) is 52.9 Å². The van der Waals surface area contributed by atoms with E-state index in [1.54, 1.807) is 0 Å². The molecule has 0 aliphatic carbocycles. The van der Waals surface area contributed by atoms with Crippen LogP contribution in [-0.2, 0) is 80.9 Å². The highest BCUT2D eigenvalue weighted by Crippen LogP contribution is 2.56. The topological polar surface area (TPSA) is 71.1 Å². The molecule has 6 nitrogen and oxygen atoms in total.